The van der Waals surface area contributed by atoms with Crippen LogP contribution in [-0.2, 0) is 12.8 Å². The average molecular weight is 344 g/mol. The zero-order valence-electron chi connectivity index (χ0n) is 15.4. The third kappa shape index (κ3) is 5.05. The molecular weight excluding hydrogens is 316 g/mol. The number of hydrogen-bond acceptors (Lipinski definition) is 4. The number of ether oxygens (including phenoxy) is 3. The van der Waals surface area contributed by atoms with Crippen LogP contribution in [0, 0.1) is 0 Å². The van der Waals surface area contributed by atoms with E-state index in [0.717, 1.165) is 60.5 Å². The summed E-state index contributed by atoms with van der Waals surface area (Å²) in [7, 11) is 3.32. The second kappa shape index (κ2) is 9.82. The number of rotatable bonds is 10. The van der Waals surface area contributed by atoms with Gasteiger partial charge in [0.25, 0.3) is 0 Å². The molecule has 4 nitrogen and oxygen atoms in total. The molecule has 0 unspecified atom stereocenters. The number of phenolic OH excluding ortho intramolecular Hbond substituents is 1. The SMILES string of the molecule is CCCc1c(O)cccc1OCCCCc1cccc(OC)c1OC. The second-order valence-electron chi connectivity index (χ2n) is 5.96. The van der Waals surface area contributed by atoms with E-state index in [2.05, 4.69) is 13.0 Å². The zero-order valence-corrected chi connectivity index (χ0v) is 15.4. The number of hydrogen-bond donors (Lipinski definition) is 1. The largest absolute Gasteiger partial charge is 0.508 e. The Kier molecular flexibility index (Phi) is 7.45. The van der Waals surface area contributed by atoms with Gasteiger partial charge in [0.2, 0.25) is 0 Å². The Balaban J connectivity index is 1.86. The topological polar surface area (TPSA) is 47.9 Å². The molecule has 0 amide bonds. The Labute approximate surface area is 150 Å². The first-order chi connectivity index (χ1) is 12.2. The van der Waals surface area contributed by atoms with Crippen molar-refractivity contribution >= 4 is 0 Å². The van der Waals surface area contributed by atoms with Crippen LogP contribution in [0.3, 0.4) is 0 Å². The van der Waals surface area contributed by atoms with Crippen LogP contribution < -0.4 is 14.2 Å². The van der Waals surface area contributed by atoms with Crippen LogP contribution >= 0.6 is 0 Å². The molecule has 0 aliphatic heterocycles. The third-order valence-electron chi connectivity index (χ3n) is 4.19. The molecule has 25 heavy (non-hydrogen) atoms. The Bertz CT molecular complexity index is 667. The summed E-state index contributed by atoms with van der Waals surface area (Å²) >= 11 is 0. The van der Waals surface area contributed by atoms with Crippen molar-refractivity contribution in [1.29, 1.82) is 0 Å². The summed E-state index contributed by atoms with van der Waals surface area (Å²) in [6, 6.07) is 11.4. The van der Waals surface area contributed by atoms with Crippen LogP contribution in [0.4, 0.5) is 0 Å². The molecule has 136 valence electrons. The van der Waals surface area contributed by atoms with Gasteiger partial charge < -0.3 is 19.3 Å². The number of unbranched alkanes of at least 4 members (excludes halogenated alkanes) is 1. The number of methoxy groups -OCH3 is 2. The van der Waals surface area contributed by atoms with E-state index < -0.39 is 0 Å². The van der Waals surface area contributed by atoms with Crippen LogP contribution in [0.25, 0.3) is 0 Å². The lowest BCUT2D eigenvalue weighted by Crippen LogP contribution is -2.02. The van der Waals surface area contributed by atoms with E-state index in [1.165, 1.54) is 0 Å². The first-order valence-electron chi connectivity index (χ1n) is 8.84. The van der Waals surface area contributed by atoms with Crippen molar-refractivity contribution in [2.75, 3.05) is 20.8 Å². The molecule has 0 saturated heterocycles. The van der Waals surface area contributed by atoms with Crippen LogP contribution in [0.1, 0.15) is 37.3 Å². The lowest BCUT2D eigenvalue weighted by molar-refractivity contribution is 0.300. The smallest absolute Gasteiger partial charge is 0.163 e. The van der Waals surface area contributed by atoms with Crippen molar-refractivity contribution in [1.82, 2.24) is 0 Å². The van der Waals surface area contributed by atoms with E-state index in [-0.39, 0.29) is 0 Å². The highest BCUT2D eigenvalue weighted by Gasteiger charge is 2.10. The molecular formula is C21H28O4. The normalized spacial score (nSPS) is 10.5. The summed E-state index contributed by atoms with van der Waals surface area (Å²) in [6.45, 7) is 2.73. The Hall–Kier alpha value is -2.36. The minimum absolute atomic E-state index is 0.320. The van der Waals surface area contributed by atoms with Crippen LogP contribution in [0.2, 0.25) is 0 Å². The molecule has 0 aliphatic rings. The number of aromatic hydroxyl groups is 1. The average Bonchev–Trinajstić information content (AvgIpc) is 2.63. The van der Waals surface area contributed by atoms with E-state index in [0.29, 0.717) is 12.4 Å². The lowest BCUT2D eigenvalue weighted by atomic mass is 10.1. The van der Waals surface area contributed by atoms with Gasteiger partial charge >= 0.3 is 0 Å². The molecule has 0 spiro atoms. The maximum absolute atomic E-state index is 9.98. The highest BCUT2D eigenvalue weighted by molar-refractivity contribution is 5.46. The van der Waals surface area contributed by atoms with E-state index in [1.807, 2.05) is 24.3 Å². The number of benzene rings is 2. The van der Waals surface area contributed by atoms with Gasteiger partial charge in [0.15, 0.2) is 11.5 Å². The quantitative estimate of drug-likeness (QED) is 0.631. The summed E-state index contributed by atoms with van der Waals surface area (Å²) in [5.41, 5.74) is 2.05. The van der Waals surface area contributed by atoms with Crippen molar-refractivity contribution in [3.05, 3.63) is 47.5 Å². The lowest BCUT2D eigenvalue weighted by Gasteiger charge is -2.14. The molecule has 0 radical (unpaired) electrons. The van der Waals surface area contributed by atoms with Gasteiger partial charge in [-0.3, -0.25) is 0 Å². The fourth-order valence-electron chi connectivity index (χ4n) is 2.94. The van der Waals surface area contributed by atoms with Gasteiger partial charge in [0.05, 0.1) is 20.8 Å². The van der Waals surface area contributed by atoms with E-state index >= 15 is 0 Å². The number of aryl methyl sites for hydroxylation is 1. The molecule has 0 heterocycles. The van der Waals surface area contributed by atoms with Gasteiger partial charge in [0.1, 0.15) is 11.5 Å². The van der Waals surface area contributed by atoms with Crippen molar-refractivity contribution in [3.8, 4) is 23.0 Å². The van der Waals surface area contributed by atoms with Gasteiger partial charge in [-0.2, -0.15) is 0 Å². The molecule has 0 bridgehead atoms. The standard InChI is InChI=1S/C21H28O4/c1-4-9-17-18(22)12-8-13-19(17)25-15-6-5-10-16-11-7-14-20(23-2)21(16)24-3/h7-8,11-14,22H,4-6,9-10,15H2,1-3H3. The molecule has 0 saturated carbocycles. The van der Waals surface area contributed by atoms with E-state index in [9.17, 15) is 5.11 Å². The minimum Gasteiger partial charge on any atom is -0.508 e. The Morgan fingerprint density at radius 2 is 1.64 bits per heavy atom. The van der Waals surface area contributed by atoms with Crippen LogP contribution in [0.15, 0.2) is 36.4 Å². The monoisotopic (exact) mass is 344 g/mol. The maximum Gasteiger partial charge on any atom is 0.163 e. The first kappa shape index (κ1) is 19.0. The molecule has 0 aliphatic carbocycles. The van der Waals surface area contributed by atoms with Crippen LogP contribution in [0.5, 0.6) is 23.0 Å². The molecule has 0 atom stereocenters. The first-order valence-corrected chi connectivity index (χ1v) is 8.84. The third-order valence-corrected chi connectivity index (χ3v) is 4.19. The van der Waals surface area contributed by atoms with E-state index in [1.54, 1.807) is 20.3 Å². The summed E-state index contributed by atoms with van der Waals surface area (Å²) in [6.07, 6.45) is 4.63. The van der Waals surface area contributed by atoms with Crippen LogP contribution in [-0.4, -0.2) is 25.9 Å². The van der Waals surface area contributed by atoms with E-state index in [4.69, 9.17) is 14.2 Å². The molecule has 2 aromatic rings. The highest BCUT2D eigenvalue weighted by Crippen LogP contribution is 2.32. The summed E-state index contributed by atoms with van der Waals surface area (Å²) < 4.78 is 16.7. The molecule has 1 N–H and O–H groups in total. The number of para-hydroxylation sites is 1. The van der Waals surface area contributed by atoms with Crippen molar-refractivity contribution in [2.24, 2.45) is 0 Å². The van der Waals surface area contributed by atoms with Gasteiger partial charge in [-0.25, -0.2) is 0 Å². The van der Waals surface area contributed by atoms with Gasteiger partial charge in [-0.15, -0.1) is 0 Å². The number of phenols is 1. The zero-order chi connectivity index (χ0) is 18.1. The molecule has 0 aromatic heterocycles. The fourth-order valence-corrected chi connectivity index (χ4v) is 2.94. The molecule has 0 fully saturated rings. The molecule has 4 heteroatoms. The van der Waals surface area contributed by atoms with Crippen molar-refractivity contribution in [2.45, 2.75) is 39.0 Å². The van der Waals surface area contributed by atoms with Gasteiger partial charge in [-0.1, -0.05) is 31.5 Å². The second-order valence-corrected chi connectivity index (χ2v) is 5.96. The summed E-state index contributed by atoms with van der Waals surface area (Å²) in [5.74, 6) is 2.69. The minimum atomic E-state index is 0.320. The Morgan fingerprint density at radius 1 is 0.880 bits per heavy atom. The predicted octanol–water partition coefficient (Wildman–Crippen LogP) is 4.76. The Morgan fingerprint density at radius 3 is 2.36 bits per heavy atom. The van der Waals surface area contributed by atoms with Gasteiger partial charge in [-0.05, 0) is 49.4 Å². The predicted molar refractivity (Wildman–Crippen MR) is 100 cm³/mol. The molecule has 2 aromatic carbocycles. The summed E-state index contributed by atoms with van der Waals surface area (Å²) in [4.78, 5) is 0. The fraction of sp³-hybridized carbons (Fsp3) is 0.429. The summed E-state index contributed by atoms with van der Waals surface area (Å²) in [5, 5.41) is 9.98. The van der Waals surface area contributed by atoms with Crippen molar-refractivity contribution < 1.29 is 19.3 Å². The van der Waals surface area contributed by atoms with Crippen molar-refractivity contribution in [3.63, 3.8) is 0 Å². The van der Waals surface area contributed by atoms with Gasteiger partial charge in [0, 0.05) is 5.56 Å². The molecule has 2 rings (SSSR count). The maximum atomic E-state index is 9.98. The highest BCUT2D eigenvalue weighted by atomic mass is 16.5.